The first-order valence-corrected chi connectivity index (χ1v) is 15.0. The number of imidazole rings is 1. The van der Waals surface area contributed by atoms with E-state index in [1.54, 1.807) is 12.3 Å². The van der Waals surface area contributed by atoms with Crippen LogP contribution in [0.3, 0.4) is 0 Å². The highest BCUT2D eigenvalue weighted by molar-refractivity contribution is 5.90. The minimum atomic E-state index is -0.0877. The molecule has 1 fully saturated rings. The van der Waals surface area contributed by atoms with Crippen molar-refractivity contribution in [2.24, 2.45) is 0 Å². The SMILES string of the molecule is Cc1cc(Nc2ncnc3cc4c(nc23)N2CCCN(C(=O)/C=C/CN(C)C)[C@H](CO4)C2)ccc1Oc1ccn2ccnc2c1. The molecule has 1 atom stereocenters. The first-order valence-electron chi connectivity index (χ1n) is 15.0. The summed E-state index contributed by atoms with van der Waals surface area (Å²) in [6.07, 6.45) is 11.5. The summed E-state index contributed by atoms with van der Waals surface area (Å²) in [7, 11) is 3.96. The van der Waals surface area contributed by atoms with Crippen molar-refractivity contribution in [1.82, 2.24) is 34.1 Å². The lowest BCUT2D eigenvalue weighted by Crippen LogP contribution is -2.46. The molecule has 0 unspecified atom stereocenters. The Morgan fingerprint density at radius 1 is 1.13 bits per heavy atom. The van der Waals surface area contributed by atoms with E-state index in [0.717, 1.165) is 47.2 Å². The molecule has 2 aliphatic heterocycles. The molecule has 1 aromatic carbocycles. The van der Waals surface area contributed by atoms with E-state index < -0.39 is 0 Å². The van der Waals surface area contributed by atoms with Gasteiger partial charge in [0.25, 0.3) is 0 Å². The number of nitrogens with zero attached hydrogens (tertiary/aromatic N) is 8. The average Bonchev–Trinajstić information content (AvgIpc) is 3.29. The lowest BCUT2D eigenvalue weighted by atomic mass is 10.2. The molecule has 12 nitrogen and oxygen atoms in total. The zero-order chi connectivity index (χ0) is 30.9. The number of likely N-dealkylation sites (N-methyl/N-ethyl adjacent to an activating group) is 1. The molecule has 6 heterocycles. The fourth-order valence-electron chi connectivity index (χ4n) is 5.77. The van der Waals surface area contributed by atoms with Crippen molar-refractivity contribution in [3.8, 4) is 17.2 Å². The molecule has 12 heteroatoms. The van der Waals surface area contributed by atoms with E-state index >= 15 is 0 Å². The Morgan fingerprint density at radius 3 is 2.91 bits per heavy atom. The summed E-state index contributed by atoms with van der Waals surface area (Å²) < 4.78 is 14.4. The highest BCUT2D eigenvalue weighted by Crippen LogP contribution is 2.36. The second-order valence-electron chi connectivity index (χ2n) is 11.6. The molecule has 1 saturated heterocycles. The third-order valence-corrected chi connectivity index (χ3v) is 8.04. The van der Waals surface area contributed by atoms with Crippen LogP contribution in [-0.4, -0.2) is 93.0 Å². The van der Waals surface area contributed by atoms with Gasteiger partial charge in [0.15, 0.2) is 17.4 Å². The summed E-state index contributed by atoms with van der Waals surface area (Å²) in [5, 5.41) is 3.43. The molecule has 2 aliphatic rings. The van der Waals surface area contributed by atoms with Gasteiger partial charge < -0.3 is 33.9 Å². The number of fused-ring (bicyclic) bond motifs is 6. The molecule has 0 saturated carbocycles. The number of nitrogens with one attached hydrogen (secondary N) is 1. The topological polar surface area (TPSA) is 113 Å². The van der Waals surface area contributed by atoms with Crippen LogP contribution in [-0.2, 0) is 4.79 Å². The maximum absolute atomic E-state index is 13.1. The van der Waals surface area contributed by atoms with Crippen molar-refractivity contribution in [1.29, 1.82) is 0 Å². The van der Waals surface area contributed by atoms with Crippen LogP contribution >= 0.6 is 0 Å². The first kappa shape index (κ1) is 28.5. The van der Waals surface area contributed by atoms with Crippen LogP contribution in [0.15, 0.2) is 73.5 Å². The summed E-state index contributed by atoms with van der Waals surface area (Å²) in [5.74, 6) is 3.49. The Balaban J connectivity index is 1.12. The molecule has 7 rings (SSSR count). The molecule has 0 spiro atoms. The summed E-state index contributed by atoms with van der Waals surface area (Å²) in [6.45, 7) is 5.19. The molecule has 0 radical (unpaired) electrons. The molecule has 1 amide bonds. The quantitative estimate of drug-likeness (QED) is 0.267. The van der Waals surface area contributed by atoms with Gasteiger partial charge in [0, 0.05) is 68.7 Å². The minimum absolute atomic E-state index is 0.0135. The van der Waals surface area contributed by atoms with E-state index in [-0.39, 0.29) is 11.9 Å². The van der Waals surface area contributed by atoms with Crippen LogP contribution in [0.4, 0.5) is 17.3 Å². The molecule has 45 heavy (non-hydrogen) atoms. The maximum Gasteiger partial charge on any atom is 0.246 e. The van der Waals surface area contributed by atoms with Crippen LogP contribution in [0.2, 0.25) is 0 Å². The summed E-state index contributed by atoms with van der Waals surface area (Å²) in [4.78, 5) is 37.7. The van der Waals surface area contributed by atoms with Crippen LogP contribution in [0, 0.1) is 6.92 Å². The first-order chi connectivity index (χ1) is 21.9. The van der Waals surface area contributed by atoms with Crippen molar-refractivity contribution in [2.45, 2.75) is 19.4 Å². The monoisotopic (exact) mass is 605 g/mol. The fraction of sp³-hybridized carbons (Fsp3) is 0.303. The van der Waals surface area contributed by atoms with Crippen LogP contribution in [0.5, 0.6) is 17.2 Å². The zero-order valence-electron chi connectivity index (χ0n) is 25.6. The third-order valence-electron chi connectivity index (χ3n) is 8.04. The summed E-state index contributed by atoms with van der Waals surface area (Å²) in [6, 6.07) is 11.6. The van der Waals surface area contributed by atoms with Gasteiger partial charge in [-0.3, -0.25) is 4.79 Å². The molecular weight excluding hydrogens is 570 g/mol. The molecule has 4 aromatic heterocycles. The number of hydrogen-bond donors (Lipinski definition) is 1. The van der Waals surface area contributed by atoms with E-state index in [2.05, 4.69) is 25.2 Å². The van der Waals surface area contributed by atoms with Gasteiger partial charge in [-0.05, 0) is 57.3 Å². The number of hydrogen-bond acceptors (Lipinski definition) is 10. The second-order valence-corrected chi connectivity index (χ2v) is 11.6. The van der Waals surface area contributed by atoms with Crippen LogP contribution < -0.4 is 19.7 Å². The number of anilines is 3. The van der Waals surface area contributed by atoms with Gasteiger partial charge in [-0.2, -0.15) is 0 Å². The molecular formula is C33H35N9O3. The van der Waals surface area contributed by atoms with Gasteiger partial charge in [0.2, 0.25) is 5.91 Å². The average molecular weight is 606 g/mol. The number of rotatable bonds is 7. The largest absolute Gasteiger partial charge is 0.487 e. The number of aryl methyl sites for hydroxylation is 1. The molecule has 5 aromatic rings. The predicted molar refractivity (Wildman–Crippen MR) is 173 cm³/mol. The van der Waals surface area contributed by atoms with E-state index in [0.29, 0.717) is 48.8 Å². The van der Waals surface area contributed by atoms with Crippen molar-refractivity contribution in [2.75, 3.05) is 57.1 Å². The van der Waals surface area contributed by atoms with Gasteiger partial charge in [0.1, 0.15) is 35.6 Å². The van der Waals surface area contributed by atoms with Crippen molar-refractivity contribution >= 4 is 39.9 Å². The third kappa shape index (κ3) is 5.96. The summed E-state index contributed by atoms with van der Waals surface area (Å²) >= 11 is 0. The number of ether oxygens (including phenoxy) is 2. The number of carbonyl (C=O) groups is 1. The highest BCUT2D eigenvalue weighted by atomic mass is 16.5. The number of amides is 1. The van der Waals surface area contributed by atoms with E-state index in [9.17, 15) is 4.79 Å². The Bertz CT molecular complexity index is 1900. The number of benzene rings is 1. The van der Waals surface area contributed by atoms with Crippen molar-refractivity contribution in [3.63, 3.8) is 0 Å². The maximum atomic E-state index is 13.1. The molecule has 2 bridgehead atoms. The standard InChI is InChI=1S/C33H35N9O3/c1-22-16-23(7-8-27(22)45-25-9-14-40-15-10-34-29(40)17-25)37-32-31-26(35-21-36-32)18-28-33(38-31)41-12-5-13-42(24(19-41)20-44-28)30(43)6-4-11-39(2)3/h4,6-10,14-18,21,24H,5,11-13,19-20H2,1-3H3,(H,35,36,37)/b6-4+/t24-/m0/s1. The zero-order valence-corrected chi connectivity index (χ0v) is 25.6. The Morgan fingerprint density at radius 2 is 2.04 bits per heavy atom. The van der Waals surface area contributed by atoms with Gasteiger partial charge in [-0.15, -0.1) is 0 Å². The number of carbonyl (C=O) groups excluding carboxylic acids is 1. The second kappa shape index (κ2) is 12.0. The van der Waals surface area contributed by atoms with E-state index in [4.69, 9.17) is 14.5 Å². The number of pyridine rings is 2. The predicted octanol–water partition coefficient (Wildman–Crippen LogP) is 4.43. The Labute approximate surface area is 260 Å². The fourth-order valence-corrected chi connectivity index (χ4v) is 5.77. The molecule has 0 aliphatic carbocycles. The van der Waals surface area contributed by atoms with Crippen LogP contribution in [0.1, 0.15) is 12.0 Å². The van der Waals surface area contributed by atoms with Crippen LogP contribution in [0.25, 0.3) is 16.7 Å². The molecule has 1 N–H and O–H groups in total. The number of aromatic nitrogens is 5. The van der Waals surface area contributed by atoms with E-state index in [1.165, 1.54) is 6.33 Å². The van der Waals surface area contributed by atoms with Gasteiger partial charge >= 0.3 is 0 Å². The smallest absolute Gasteiger partial charge is 0.246 e. The van der Waals surface area contributed by atoms with Gasteiger partial charge in [0.05, 0.1) is 11.6 Å². The lowest BCUT2D eigenvalue weighted by Gasteiger charge is -2.28. The normalized spacial score (nSPS) is 16.5. The van der Waals surface area contributed by atoms with Crippen molar-refractivity contribution in [3.05, 3.63) is 79.0 Å². The van der Waals surface area contributed by atoms with Gasteiger partial charge in [-0.25, -0.2) is 19.9 Å². The van der Waals surface area contributed by atoms with Gasteiger partial charge in [-0.1, -0.05) is 6.08 Å². The minimum Gasteiger partial charge on any atom is -0.487 e. The highest BCUT2D eigenvalue weighted by Gasteiger charge is 2.33. The Kier molecular flexibility index (Phi) is 7.64. The summed E-state index contributed by atoms with van der Waals surface area (Å²) in [5.41, 5.74) is 3.95. The molecule has 230 valence electrons. The Hall–Kier alpha value is -5.23. The van der Waals surface area contributed by atoms with E-state index in [1.807, 2.05) is 90.1 Å². The lowest BCUT2D eigenvalue weighted by molar-refractivity contribution is -0.128. The van der Waals surface area contributed by atoms with Crippen molar-refractivity contribution < 1.29 is 14.3 Å².